The summed E-state index contributed by atoms with van der Waals surface area (Å²) >= 11 is 0. The molecule has 0 rings (SSSR count). The van der Waals surface area contributed by atoms with Crippen LogP contribution in [0.3, 0.4) is 0 Å². The monoisotopic (exact) mass is 364 g/mol. The summed E-state index contributed by atoms with van der Waals surface area (Å²) in [7, 11) is 2.56. The minimum Gasteiger partial charge on any atom is -0.462 e. The summed E-state index contributed by atoms with van der Waals surface area (Å²) in [4.78, 5) is 45.3. The largest absolute Gasteiger partial charge is 0.462 e. The van der Waals surface area contributed by atoms with Crippen molar-refractivity contribution in [3.05, 3.63) is 0 Å². The standard InChI is InChI=1S/C15H24O10/c1-8(16)22-7-12(23-9(2)17)13(24-10(3)18)14(25-11(4)19)15(20-5)21-6/h12-15H,7H2,1-6H3/t12-,13-,14-/m0/s1. The summed E-state index contributed by atoms with van der Waals surface area (Å²) in [5, 5.41) is 0. The highest BCUT2D eigenvalue weighted by molar-refractivity contribution is 5.68. The molecule has 0 bridgehead atoms. The number of methoxy groups -OCH3 is 2. The Morgan fingerprint density at radius 3 is 1.48 bits per heavy atom. The second-order valence-corrected chi connectivity index (χ2v) is 4.94. The maximum absolute atomic E-state index is 11.5. The number of esters is 4. The van der Waals surface area contributed by atoms with E-state index in [4.69, 9.17) is 28.4 Å². The first-order chi connectivity index (χ1) is 11.6. The Balaban J connectivity index is 5.77. The molecule has 10 heteroatoms. The van der Waals surface area contributed by atoms with Crippen molar-refractivity contribution in [2.24, 2.45) is 0 Å². The summed E-state index contributed by atoms with van der Waals surface area (Å²) in [6, 6.07) is 0. The van der Waals surface area contributed by atoms with Crippen LogP contribution in [0, 0.1) is 0 Å². The average Bonchev–Trinajstić information content (AvgIpc) is 2.48. The maximum Gasteiger partial charge on any atom is 0.303 e. The molecular formula is C15H24O10. The van der Waals surface area contributed by atoms with Gasteiger partial charge in [-0.15, -0.1) is 0 Å². The van der Waals surface area contributed by atoms with Crippen molar-refractivity contribution in [2.45, 2.75) is 52.3 Å². The van der Waals surface area contributed by atoms with Gasteiger partial charge in [0.1, 0.15) is 6.61 Å². The zero-order valence-electron chi connectivity index (χ0n) is 15.1. The molecule has 0 saturated carbocycles. The summed E-state index contributed by atoms with van der Waals surface area (Å²) in [6.07, 6.45) is -5.00. The SMILES string of the molecule is COC(OC)[C@@H](OC(C)=O)[C@@H](OC(C)=O)[C@H](COC(C)=O)OC(C)=O. The number of hydrogen-bond acceptors (Lipinski definition) is 10. The van der Waals surface area contributed by atoms with Crippen molar-refractivity contribution < 1.29 is 47.6 Å². The van der Waals surface area contributed by atoms with E-state index in [1.807, 2.05) is 0 Å². The topological polar surface area (TPSA) is 124 Å². The van der Waals surface area contributed by atoms with Crippen LogP contribution in [-0.2, 0) is 47.6 Å². The van der Waals surface area contributed by atoms with Gasteiger partial charge in [0, 0.05) is 41.9 Å². The second kappa shape index (κ2) is 11.4. The first kappa shape index (κ1) is 22.8. The van der Waals surface area contributed by atoms with Gasteiger partial charge >= 0.3 is 23.9 Å². The van der Waals surface area contributed by atoms with Crippen LogP contribution in [0.25, 0.3) is 0 Å². The summed E-state index contributed by atoms with van der Waals surface area (Å²) in [6.45, 7) is 4.10. The molecule has 0 unspecified atom stereocenters. The van der Waals surface area contributed by atoms with Gasteiger partial charge in [0.2, 0.25) is 0 Å². The number of rotatable bonds is 10. The van der Waals surface area contributed by atoms with Crippen LogP contribution in [0.5, 0.6) is 0 Å². The van der Waals surface area contributed by atoms with Crippen molar-refractivity contribution in [3.63, 3.8) is 0 Å². The van der Waals surface area contributed by atoms with Crippen LogP contribution < -0.4 is 0 Å². The third kappa shape index (κ3) is 9.01. The van der Waals surface area contributed by atoms with E-state index >= 15 is 0 Å². The molecule has 0 aliphatic rings. The summed E-state index contributed by atoms with van der Waals surface area (Å²) < 4.78 is 30.3. The van der Waals surface area contributed by atoms with E-state index in [0.717, 1.165) is 27.7 Å². The van der Waals surface area contributed by atoms with Crippen LogP contribution in [0.2, 0.25) is 0 Å². The molecule has 0 aromatic rings. The Kier molecular flexibility index (Phi) is 10.4. The van der Waals surface area contributed by atoms with Gasteiger partial charge < -0.3 is 28.4 Å². The molecule has 0 aromatic carbocycles. The molecule has 3 atom stereocenters. The summed E-state index contributed by atoms with van der Waals surface area (Å²) in [5.41, 5.74) is 0. The highest BCUT2D eigenvalue weighted by Gasteiger charge is 2.42. The molecule has 0 saturated heterocycles. The van der Waals surface area contributed by atoms with Gasteiger partial charge in [0.05, 0.1) is 0 Å². The van der Waals surface area contributed by atoms with Crippen LogP contribution in [0.15, 0.2) is 0 Å². The quantitative estimate of drug-likeness (QED) is 0.296. The Hall–Kier alpha value is -2.20. The fourth-order valence-corrected chi connectivity index (χ4v) is 1.99. The Labute approximate surface area is 145 Å². The van der Waals surface area contributed by atoms with Crippen molar-refractivity contribution >= 4 is 23.9 Å². The number of ether oxygens (including phenoxy) is 6. The maximum atomic E-state index is 11.5. The molecule has 0 heterocycles. The van der Waals surface area contributed by atoms with Crippen molar-refractivity contribution in [1.82, 2.24) is 0 Å². The third-order valence-electron chi connectivity index (χ3n) is 2.80. The number of carbonyl (C=O) groups is 4. The molecule has 0 radical (unpaired) electrons. The lowest BCUT2D eigenvalue weighted by Crippen LogP contribution is -2.53. The highest BCUT2D eigenvalue weighted by Crippen LogP contribution is 2.19. The molecule has 10 nitrogen and oxygen atoms in total. The lowest BCUT2D eigenvalue weighted by molar-refractivity contribution is -0.232. The molecule has 0 amide bonds. The van der Waals surface area contributed by atoms with Gasteiger partial charge in [0.15, 0.2) is 24.6 Å². The molecule has 0 aromatic heterocycles. The number of hydrogen-bond donors (Lipinski definition) is 0. The fraction of sp³-hybridized carbons (Fsp3) is 0.733. The van der Waals surface area contributed by atoms with Crippen LogP contribution >= 0.6 is 0 Å². The predicted octanol–water partition coefficient (Wildman–Crippen LogP) is -0.0365. The minimum atomic E-state index is -1.34. The summed E-state index contributed by atoms with van der Waals surface area (Å²) in [5.74, 6) is -2.82. The van der Waals surface area contributed by atoms with Crippen molar-refractivity contribution in [2.75, 3.05) is 20.8 Å². The molecule has 0 fully saturated rings. The zero-order chi connectivity index (χ0) is 19.6. The zero-order valence-corrected chi connectivity index (χ0v) is 15.1. The van der Waals surface area contributed by atoms with Gasteiger partial charge in [-0.05, 0) is 0 Å². The molecule has 0 aliphatic carbocycles. The van der Waals surface area contributed by atoms with Crippen LogP contribution in [0.1, 0.15) is 27.7 Å². The third-order valence-corrected chi connectivity index (χ3v) is 2.80. The van der Waals surface area contributed by atoms with E-state index < -0.39 is 55.1 Å². The fourth-order valence-electron chi connectivity index (χ4n) is 1.99. The van der Waals surface area contributed by atoms with E-state index in [0.29, 0.717) is 0 Å². The van der Waals surface area contributed by atoms with Crippen molar-refractivity contribution in [1.29, 1.82) is 0 Å². The molecule has 0 spiro atoms. The molecular weight excluding hydrogens is 340 g/mol. The van der Waals surface area contributed by atoms with Gasteiger partial charge in [-0.1, -0.05) is 0 Å². The highest BCUT2D eigenvalue weighted by atomic mass is 16.7. The lowest BCUT2D eigenvalue weighted by Gasteiger charge is -2.34. The molecule has 25 heavy (non-hydrogen) atoms. The van der Waals surface area contributed by atoms with Gasteiger partial charge in [-0.2, -0.15) is 0 Å². The molecule has 0 N–H and O–H groups in total. The van der Waals surface area contributed by atoms with Crippen molar-refractivity contribution in [3.8, 4) is 0 Å². The van der Waals surface area contributed by atoms with Crippen LogP contribution in [-0.4, -0.2) is 69.3 Å². The average molecular weight is 364 g/mol. The smallest absolute Gasteiger partial charge is 0.303 e. The Morgan fingerprint density at radius 2 is 1.12 bits per heavy atom. The normalized spacial score (nSPS) is 14.2. The lowest BCUT2D eigenvalue weighted by atomic mass is 10.1. The molecule has 0 aliphatic heterocycles. The first-order valence-corrected chi connectivity index (χ1v) is 7.32. The van der Waals surface area contributed by atoms with E-state index in [1.165, 1.54) is 14.2 Å². The van der Waals surface area contributed by atoms with E-state index in [1.54, 1.807) is 0 Å². The van der Waals surface area contributed by atoms with Crippen LogP contribution in [0.4, 0.5) is 0 Å². The Bertz CT molecular complexity index is 471. The van der Waals surface area contributed by atoms with Gasteiger partial charge in [0.25, 0.3) is 0 Å². The predicted molar refractivity (Wildman–Crippen MR) is 81.1 cm³/mol. The second-order valence-electron chi connectivity index (χ2n) is 4.94. The number of carbonyl (C=O) groups excluding carboxylic acids is 4. The Morgan fingerprint density at radius 1 is 0.680 bits per heavy atom. The van der Waals surface area contributed by atoms with Gasteiger partial charge in [-0.25, -0.2) is 0 Å². The molecule has 144 valence electrons. The van der Waals surface area contributed by atoms with Gasteiger partial charge in [-0.3, -0.25) is 19.2 Å². The van der Waals surface area contributed by atoms with E-state index in [9.17, 15) is 19.2 Å². The minimum absolute atomic E-state index is 0.426. The van der Waals surface area contributed by atoms with E-state index in [-0.39, 0.29) is 0 Å². The first-order valence-electron chi connectivity index (χ1n) is 7.32. The van der Waals surface area contributed by atoms with E-state index in [2.05, 4.69) is 0 Å².